The number of nitrogens with one attached hydrogen (secondary N) is 1. The van der Waals surface area contributed by atoms with E-state index in [9.17, 15) is 4.79 Å². The second-order valence-electron chi connectivity index (χ2n) is 4.80. The lowest BCUT2D eigenvalue weighted by molar-refractivity contribution is -0.134. The molecule has 0 aromatic carbocycles. The van der Waals surface area contributed by atoms with E-state index in [1.54, 1.807) is 7.11 Å². The number of methoxy groups -OCH3 is 1. The largest absolute Gasteiger partial charge is 0.378 e. The van der Waals surface area contributed by atoms with Gasteiger partial charge in [0.05, 0.1) is 12.0 Å². The number of halogens is 1. The molecule has 0 saturated heterocycles. The van der Waals surface area contributed by atoms with Crippen LogP contribution in [0.15, 0.2) is 0 Å². The van der Waals surface area contributed by atoms with Gasteiger partial charge in [-0.3, -0.25) is 4.79 Å². The van der Waals surface area contributed by atoms with Crippen molar-refractivity contribution in [1.82, 2.24) is 5.32 Å². The zero-order valence-corrected chi connectivity index (χ0v) is 11.8. The van der Waals surface area contributed by atoms with E-state index in [0.29, 0.717) is 12.3 Å². The van der Waals surface area contributed by atoms with Gasteiger partial charge in [-0.2, -0.15) is 0 Å². The van der Waals surface area contributed by atoms with Gasteiger partial charge in [-0.25, -0.2) is 0 Å². The molecule has 0 aromatic rings. The van der Waals surface area contributed by atoms with Gasteiger partial charge in [0.1, 0.15) is 0 Å². The molecule has 1 rings (SSSR count). The van der Waals surface area contributed by atoms with Gasteiger partial charge in [0.2, 0.25) is 5.91 Å². The third kappa shape index (κ3) is 4.06. The van der Waals surface area contributed by atoms with Crippen LogP contribution in [0, 0.1) is 5.92 Å². The summed E-state index contributed by atoms with van der Waals surface area (Å²) in [5.74, 6) is 0.659. The third-order valence-corrected chi connectivity index (χ3v) is 3.89. The predicted octanol–water partition coefficient (Wildman–Crippen LogP) is 2.48. The minimum absolute atomic E-state index is 0.128. The highest BCUT2D eigenvalue weighted by Gasteiger charge is 2.38. The molecule has 94 valence electrons. The molecule has 0 radical (unpaired) electrons. The Morgan fingerprint density at radius 3 is 2.69 bits per heavy atom. The number of carbonyl (C=O) groups is 1. The van der Waals surface area contributed by atoms with Crippen LogP contribution in [0.4, 0.5) is 0 Å². The molecule has 0 bridgehead atoms. The van der Waals surface area contributed by atoms with E-state index < -0.39 is 0 Å². The van der Waals surface area contributed by atoms with Crippen molar-refractivity contribution in [3.63, 3.8) is 0 Å². The Balaban J connectivity index is 2.20. The maximum atomic E-state index is 11.7. The molecular formula is C12H22BrNO2. The van der Waals surface area contributed by atoms with Crippen LogP contribution in [0.3, 0.4) is 0 Å². The maximum Gasteiger partial charge on any atom is 0.222 e. The third-order valence-electron chi connectivity index (χ3n) is 3.43. The van der Waals surface area contributed by atoms with Crippen molar-refractivity contribution in [2.45, 2.75) is 44.6 Å². The molecule has 1 aliphatic carbocycles. The summed E-state index contributed by atoms with van der Waals surface area (Å²) in [5, 5.41) is 3.98. The summed E-state index contributed by atoms with van der Waals surface area (Å²) in [5.41, 5.74) is -0.150. The van der Waals surface area contributed by atoms with Crippen LogP contribution in [-0.4, -0.2) is 30.5 Å². The summed E-state index contributed by atoms with van der Waals surface area (Å²) in [6.07, 6.45) is 4.84. The summed E-state index contributed by atoms with van der Waals surface area (Å²) in [6.45, 7) is 2.92. The van der Waals surface area contributed by atoms with Gasteiger partial charge in [0.25, 0.3) is 0 Å². The second kappa shape index (κ2) is 6.60. The first-order chi connectivity index (χ1) is 7.62. The predicted molar refractivity (Wildman–Crippen MR) is 68.8 cm³/mol. The highest BCUT2D eigenvalue weighted by Crippen LogP contribution is 2.37. The molecule has 0 aromatic heterocycles. The Kier molecular flexibility index (Phi) is 5.76. The Morgan fingerprint density at radius 2 is 2.25 bits per heavy atom. The standard InChI is InChI=1S/C12H22BrNO2/c1-10(4-7-13)9-14-11(15)8-12(16-2)5-3-6-12/h10H,3-9H2,1-2H3,(H,14,15). The van der Waals surface area contributed by atoms with E-state index in [1.165, 1.54) is 6.42 Å². The van der Waals surface area contributed by atoms with Crippen LogP contribution in [-0.2, 0) is 9.53 Å². The van der Waals surface area contributed by atoms with Crippen molar-refractivity contribution in [3.05, 3.63) is 0 Å². The summed E-state index contributed by atoms with van der Waals surface area (Å²) in [7, 11) is 1.71. The Bertz CT molecular complexity index is 224. The first-order valence-corrected chi connectivity index (χ1v) is 7.12. The molecule has 0 heterocycles. The van der Waals surface area contributed by atoms with Crippen LogP contribution in [0.1, 0.15) is 39.0 Å². The normalized spacial score (nSPS) is 19.9. The van der Waals surface area contributed by atoms with Crippen LogP contribution in [0.2, 0.25) is 0 Å². The summed E-state index contributed by atoms with van der Waals surface area (Å²) >= 11 is 3.40. The molecule has 0 spiro atoms. The van der Waals surface area contributed by atoms with E-state index >= 15 is 0 Å². The van der Waals surface area contributed by atoms with Crippen molar-refractivity contribution >= 4 is 21.8 Å². The van der Waals surface area contributed by atoms with E-state index in [2.05, 4.69) is 28.2 Å². The lowest BCUT2D eigenvalue weighted by Gasteiger charge is -2.40. The van der Waals surface area contributed by atoms with Gasteiger partial charge in [-0.1, -0.05) is 22.9 Å². The van der Waals surface area contributed by atoms with Crippen LogP contribution in [0.25, 0.3) is 0 Å². The molecule has 1 N–H and O–H groups in total. The number of ether oxygens (including phenoxy) is 1. The second-order valence-corrected chi connectivity index (χ2v) is 5.60. The fourth-order valence-corrected chi connectivity index (χ4v) is 2.74. The molecule has 1 amide bonds. The van der Waals surface area contributed by atoms with Gasteiger partial charge in [-0.05, 0) is 31.6 Å². The van der Waals surface area contributed by atoms with Crippen molar-refractivity contribution in [3.8, 4) is 0 Å². The number of rotatable bonds is 7. The lowest BCUT2D eigenvalue weighted by atomic mass is 9.77. The van der Waals surface area contributed by atoms with Crippen molar-refractivity contribution in [2.24, 2.45) is 5.92 Å². The molecule has 16 heavy (non-hydrogen) atoms. The van der Waals surface area contributed by atoms with E-state index in [4.69, 9.17) is 4.74 Å². The fraction of sp³-hybridized carbons (Fsp3) is 0.917. The lowest BCUT2D eigenvalue weighted by Crippen LogP contribution is -2.44. The Labute approximate surface area is 106 Å². The molecule has 4 heteroatoms. The SMILES string of the molecule is COC1(CC(=O)NCC(C)CCBr)CCC1. The van der Waals surface area contributed by atoms with Crippen LogP contribution < -0.4 is 5.32 Å². The van der Waals surface area contributed by atoms with Gasteiger partial charge < -0.3 is 10.1 Å². The molecule has 1 atom stereocenters. The van der Waals surface area contributed by atoms with Crippen LogP contribution >= 0.6 is 15.9 Å². The number of carbonyl (C=O) groups excluding carboxylic acids is 1. The Hall–Kier alpha value is -0.0900. The average Bonchev–Trinajstić information content (AvgIpc) is 2.21. The zero-order chi connectivity index (χ0) is 12.0. The quantitative estimate of drug-likeness (QED) is 0.732. The first-order valence-electron chi connectivity index (χ1n) is 6.00. The van der Waals surface area contributed by atoms with Crippen LogP contribution in [0.5, 0.6) is 0 Å². The molecule has 1 saturated carbocycles. The molecule has 1 aliphatic rings. The maximum absolute atomic E-state index is 11.7. The summed E-state index contributed by atoms with van der Waals surface area (Å²) in [6, 6.07) is 0. The highest BCUT2D eigenvalue weighted by molar-refractivity contribution is 9.09. The van der Waals surface area contributed by atoms with Gasteiger partial charge >= 0.3 is 0 Å². The first kappa shape index (κ1) is 14.0. The monoisotopic (exact) mass is 291 g/mol. The minimum atomic E-state index is -0.150. The molecule has 0 aliphatic heterocycles. The van der Waals surface area contributed by atoms with Gasteiger partial charge in [0, 0.05) is 19.0 Å². The molecule has 1 fully saturated rings. The van der Waals surface area contributed by atoms with Gasteiger partial charge in [-0.15, -0.1) is 0 Å². The minimum Gasteiger partial charge on any atom is -0.378 e. The van der Waals surface area contributed by atoms with Crippen molar-refractivity contribution < 1.29 is 9.53 Å². The number of alkyl halides is 1. The van der Waals surface area contributed by atoms with E-state index in [1.807, 2.05) is 0 Å². The summed E-state index contributed by atoms with van der Waals surface area (Å²) < 4.78 is 5.43. The van der Waals surface area contributed by atoms with E-state index in [-0.39, 0.29) is 11.5 Å². The fourth-order valence-electron chi connectivity index (χ4n) is 1.96. The summed E-state index contributed by atoms with van der Waals surface area (Å²) in [4.78, 5) is 11.7. The Morgan fingerprint density at radius 1 is 1.56 bits per heavy atom. The number of hydrogen-bond acceptors (Lipinski definition) is 2. The highest BCUT2D eigenvalue weighted by atomic mass is 79.9. The van der Waals surface area contributed by atoms with Crippen molar-refractivity contribution in [2.75, 3.05) is 19.0 Å². The zero-order valence-electron chi connectivity index (χ0n) is 10.2. The molecular weight excluding hydrogens is 270 g/mol. The van der Waals surface area contributed by atoms with Gasteiger partial charge in [0.15, 0.2) is 0 Å². The topological polar surface area (TPSA) is 38.3 Å². The van der Waals surface area contributed by atoms with Crippen molar-refractivity contribution in [1.29, 1.82) is 0 Å². The number of hydrogen-bond donors (Lipinski definition) is 1. The smallest absolute Gasteiger partial charge is 0.222 e. The average molecular weight is 292 g/mol. The number of amides is 1. The molecule has 3 nitrogen and oxygen atoms in total. The van der Waals surface area contributed by atoms with E-state index in [0.717, 1.165) is 31.1 Å². The molecule has 1 unspecified atom stereocenters.